The molecule has 0 saturated carbocycles. The summed E-state index contributed by atoms with van der Waals surface area (Å²) in [4.78, 5) is 0.0971. The van der Waals surface area contributed by atoms with Gasteiger partial charge in [-0.1, -0.05) is 20.3 Å². The van der Waals surface area contributed by atoms with Crippen LogP contribution >= 0.6 is 0 Å². The zero-order chi connectivity index (χ0) is 13.8. The highest BCUT2D eigenvalue weighted by Crippen LogP contribution is 2.14. The van der Waals surface area contributed by atoms with Gasteiger partial charge in [0, 0.05) is 6.04 Å². The fraction of sp³-hybridized carbons (Fsp3) is 0.538. The van der Waals surface area contributed by atoms with Crippen molar-refractivity contribution in [3.8, 4) is 0 Å². The molecule has 0 heterocycles. The molecule has 102 valence electrons. The van der Waals surface area contributed by atoms with Crippen molar-refractivity contribution in [2.75, 3.05) is 0 Å². The molecule has 0 bridgehead atoms. The first-order valence-corrected chi connectivity index (χ1v) is 7.61. The Bertz CT molecular complexity index is 470. The number of hydrogen-bond donors (Lipinski definition) is 1. The first kappa shape index (κ1) is 15.1. The Morgan fingerprint density at radius 3 is 2.28 bits per heavy atom. The lowest BCUT2D eigenvalue weighted by atomic mass is 10.0. The minimum Gasteiger partial charge on any atom is -0.208 e. The molecular formula is C13H20FNO2S. The van der Waals surface area contributed by atoms with Crippen molar-refractivity contribution in [2.45, 2.75) is 44.6 Å². The Balaban J connectivity index is 2.73. The number of rotatable bonds is 6. The average Bonchev–Trinajstić information content (AvgIpc) is 2.28. The summed E-state index contributed by atoms with van der Waals surface area (Å²) in [5, 5.41) is 0. The molecule has 0 aliphatic heterocycles. The van der Waals surface area contributed by atoms with Gasteiger partial charge in [0.1, 0.15) is 5.82 Å². The first-order valence-electron chi connectivity index (χ1n) is 6.13. The molecule has 0 radical (unpaired) electrons. The van der Waals surface area contributed by atoms with Gasteiger partial charge in [-0.05, 0) is 43.5 Å². The molecule has 1 rings (SSSR count). The fourth-order valence-electron chi connectivity index (χ4n) is 1.76. The third-order valence-electron chi connectivity index (χ3n) is 2.93. The highest BCUT2D eigenvalue weighted by atomic mass is 32.2. The molecule has 0 amide bonds. The summed E-state index contributed by atoms with van der Waals surface area (Å²) in [6, 6.07) is 4.71. The van der Waals surface area contributed by atoms with Gasteiger partial charge in [-0.25, -0.2) is 17.5 Å². The molecule has 0 spiro atoms. The minimum absolute atomic E-state index is 0.0971. The summed E-state index contributed by atoms with van der Waals surface area (Å²) in [5.74, 6) is 0.0255. The predicted octanol–water partition coefficient (Wildman–Crippen LogP) is 2.93. The Kier molecular flexibility index (Phi) is 5.28. The van der Waals surface area contributed by atoms with Crippen LogP contribution < -0.4 is 4.72 Å². The van der Waals surface area contributed by atoms with Gasteiger partial charge in [0.15, 0.2) is 0 Å². The van der Waals surface area contributed by atoms with Crippen molar-refractivity contribution in [1.82, 2.24) is 4.72 Å². The maximum atomic E-state index is 12.7. The van der Waals surface area contributed by atoms with Crippen LogP contribution in [0.2, 0.25) is 0 Å². The second kappa shape index (κ2) is 6.29. The quantitative estimate of drug-likeness (QED) is 0.866. The lowest BCUT2D eigenvalue weighted by Crippen LogP contribution is -2.33. The fourth-order valence-corrected chi connectivity index (χ4v) is 3.02. The van der Waals surface area contributed by atoms with Gasteiger partial charge in [0.05, 0.1) is 4.90 Å². The van der Waals surface area contributed by atoms with Gasteiger partial charge in [0.25, 0.3) is 0 Å². The second-order valence-corrected chi connectivity index (χ2v) is 6.44. The molecule has 0 aliphatic rings. The summed E-state index contributed by atoms with van der Waals surface area (Å²) in [6.07, 6.45) is 1.81. The van der Waals surface area contributed by atoms with Crippen molar-refractivity contribution in [2.24, 2.45) is 5.92 Å². The molecular weight excluding hydrogens is 253 g/mol. The minimum atomic E-state index is -3.55. The van der Waals surface area contributed by atoms with Crippen LogP contribution in [0, 0.1) is 11.7 Å². The van der Waals surface area contributed by atoms with Crippen LogP contribution in [0.4, 0.5) is 4.39 Å². The first-order chi connectivity index (χ1) is 8.35. The van der Waals surface area contributed by atoms with Crippen LogP contribution in [0.3, 0.4) is 0 Å². The van der Waals surface area contributed by atoms with E-state index in [1.54, 1.807) is 0 Å². The molecule has 2 atom stereocenters. The largest absolute Gasteiger partial charge is 0.240 e. The molecule has 5 heteroatoms. The van der Waals surface area contributed by atoms with Gasteiger partial charge in [0.2, 0.25) is 10.0 Å². The summed E-state index contributed by atoms with van der Waals surface area (Å²) in [6.45, 7) is 6.00. The standard InChI is InChI=1S/C13H20FNO2S/c1-4-10(2)9-11(3)15-18(16,17)13-7-5-12(14)6-8-13/h5-8,10-11,15H,4,9H2,1-3H3. The number of benzene rings is 1. The number of halogens is 1. The maximum absolute atomic E-state index is 12.7. The topological polar surface area (TPSA) is 46.2 Å². The number of hydrogen-bond acceptors (Lipinski definition) is 2. The van der Waals surface area contributed by atoms with Crippen LogP contribution in [0.15, 0.2) is 29.2 Å². The van der Waals surface area contributed by atoms with Crippen LogP contribution in [-0.4, -0.2) is 14.5 Å². The molecule has 18 heavy (non-hydrogen) atoms. The Morgan fingerprint density at radius 1 is 1.22 bits per heavy atom. The van der Waals surface area contributed by atoms with Crippen molar-refractivity contribution < 1.29 is 12.8 Å². The Labute approximate surface area is 108 Å². The van der Waals surface area contributed by atoms with Gasteiger partial charge in [-0.15, -0.1) is 0 Å². The molecule has 0 aliphatic carbocycles. The third kappa shape index (κ3) is 4.38. The van der Waals surface area contributed by atoms with E-state index in [4.69, 9.17) is 0 Å². The van der Waals surface area contributed by atoms with Crippen molar-refractivity contribution in [1.29, 1.82) is 0 Å². The van der Waals surface area contributed by atoms with Crippen LogP contribution in [0.5, 0.6) is 0 Å². The van der Waals surface area contributed by atoms with E-state index in [0.717, 1.165) is 25.0 Å². The highest BCUT2D eigenvalue weighted by molar-refractivity contribution is 7.89. The molecule has 3 nitrogen and oxygen atoms in total. The van der Waals surface area contributed by atoms with Crippen molar-refractivity contribution in [3.63, 3.8) is 0 Å². The number of sulfonamides is 1. The van der Waals surface area contributed by atoms with Gasteiger partial charge in [-0.2, -0.15) is 0 Å². The smallest absolute Gasteiger partial charge is 0.208 e. The van der Waals surface area contributed by atoms with E-state index in [2.05, 4.69) is 18.6 Å². The summed E-state index contributed by atoms with van der Waals surface area (Å²) < 4.78 is 39.3. The van der Waals surface area contributed by atoms with Crippen LogP contribution in [-0.2, 0) is 10.0 Å². The highest BCUT2D eigenvalue weighted by Gasteiger charge is 2.18. The molecule has 2 unspecified atom stereocenters. The van der Waals surface area contributed by atoms with Crippen molar-refractivity contribution >= 4 is 10.0 Å². The van der Waals surface area contributed by atoms with Gasteiger partial charge >= 0.3 is 0 Å². The monoisotopic (exact) mass is 273 g/mol. The van der Waals surface area contributed by atoms with E-state index in [0.29, 0.717) is 5.92 Å². The normalized spacial score (nSPS) is 15.3. The summed E-state index contributed by atoms with van der Waals surface area (Å²) in [5.41, 5.74) is 0. The molecule has 0 fully saturated rings. The van der Waals surface area contributed by atoms with Crippen LogP contribution in [0.1, 0.15) is 33.6 Å². The lowest BCUT2D eigenvalue weighted by molar-refractivity contribution is 0.445. The van der Waals surface area contributed by atoms with E-state index in [1.807, 2.05) is 6.92 Å². The van der Waals surface area contributed by atoms with Crippen molar-refractivity contribution in [3.05, 3.63) is 30.1 Å². The summed E-state index contributed by atoms with van der Waals surface area (Å²) >= 11 is 0. The molecule has 1 N–H and O–H groups in total. The SMILES string of the molecule is CCC(C)CC(C)NS(=O)(=O)c1ccc(F)cc1. The summed E-state index contributed by atoms with van der Waals surface area (Å²) in [7, 11) is -3.55. The third-order valence-corrected chi connectivity index (χ3v) is 4.54. The Hall–Kier alpha value is -0.940. The Morgan fingerprint density at radius 2 is 1.78 bits per heavy atom. The molecule has 0 saturated heterocycles. The van der Waals surface area contributed by atoms with Crippen LogP contribution in [0.25, 0.3) is 0 Å². The van der Waals surface area contributed by atoms with E-state index in [9.17, 15) is 12.8 Å². The lowest BCUT2D eigenvalue weighted by Gasteiger charge is -2.17. The molecule has 1 aromatic rings. The van der Waals surface area contributed by atoms with E-state index in [1.165, 1.54) is 12.1 Å². The van der Waals surface area contributed by atoms with Gasteiger partial charge in [-0.3, -0.25) is 0 Å². The zero-order valence-corrected chi connectivity index (χ0v) is 11.8. The van der Waals surface area contributed by atoms with E-state index in [-0.39, 0.29) is 10.9 Å². The van der Waals surface area contributed by atoms with E-state index < -0.39 is 15.8 Å². The molecule has 1 aromatic carbocycles. The zero-order valence-electron chi connectivity index (χ0n) is 11.0. The second-order valence-electron chi connectivity index (χ2n) is 4.73. The maximum Gasteiger partial charge on any atom is 0.240 e. The van der Waals surface area contributed by atoms with Gasteiger partial charge < -0.3 is 0 Å². The number of nitrogens with one attached hydrogen (secondary N) is 1. The van der Waals surface area contributed by atoms with E-state index >= 15 is 0 Å². The molecule has 0 aromatic heterocycles. The average molecular weight is 273 g/mol. The predicted molar refractivity (Wildman–Crippen MR) is 70.3 cm³/mol.